The molecule has 0 unspecified atom stereocenters. The molecule has 0 bridgehead atoms. The van der Waals surface area contributed by atoms with Gasteiger partial charge in [-0.1, -0.05) is 6.07 Å². The molecule has 2 aromatic rings. The van der Waals surface area contributed by atoms with Gasteiger partial charge in [-0.3, -0.25) is 10.2 Å². The van der Waals surface area contributed by atoms with Gasteiger partial charge in [0.15, 0.2) is 16.5 Å². The smallest absolute Gasteiger partial charge is 0.201 e. The van der Waals surface area contributed by atoms with Crippen LogP contribution in [0.3, 0.4) is 0 Å². The van der Waals surface area contributed by atoms with Crippen molar-refractivity contribution in [2.24, 2.45) is 10.8 Å². The average Bonchev–Trinajstić information content (AvgIpc) is 2.32. The van der Waals surface area contributed by atoms with Crippen LogP contribution in [0.15, 0.2) is 38.8 Å². The summed E-state index contributed by atoms with van der Waals surface area (Å²) in [4.78, 5) is 11.9. The van der Waals surface area contributed by atoms with Gasteiger partial charge in [-0.2, -0.15) is 5.10 Å². The summed E-state index contributed by atoms with van der Waals surface area (Å²) in [6.07, 6.45) is 2.33. The monoisotopic (exact) mass is 265 g/mol. The third-order valence-corrected chi connectivity index (χ3v) is 2.25. The van der Waals surface area contributed by atoms with Gasteiger partial charge in [-0.25, -0.2) is 4.39 Å². The van der Waals surface area contributed by atoms with Crippen LogP contribution in [0.25, 0.3) is 11.0 Å². The number of hydrogen-bond donors (Lipinski definition) is 2. The van der Waals surface area contributed by atoms with Crippen LogP contribution in [-0.4, -0.2) is 11.3 Å². The largest absolute Gasteiger partial charge is 0.460 e. The summed E-state index contributed by atoms with van der Waals surface area (Å²) in [6, 6.07) is 4.12. The Labute approximate surface area is 106 Å². The van der Waals surface area contributed by atoms with E-state index in [4.69, 9.17) is 10.2 Å². The number of hydrogen-bond acceptors (Lipinski definition) is 4. The normalized spacial score (nSPS) is 10.9. The number of thiocarbonyl (C=S) groups is 1. The van der Waals surface area contributed by atoms with Crippen LogP contribution in [-0.2, 0) is 0 Å². The Morgan fingerprint density at radius 3 is 3.06 bits per heavy atom. The van der Waals surface area contributed by atoms with Crippen molar-refractivity contribution >= 4 is 34.5 Å². The first kappa shape index (κ1) is 12.2. The van der Waals surface area contributed by atoms with Gasteiger partial charge in [0, 0.05) is 0 Å². The molecule has 92 valence electrons. The average molecular weight is 265 g/mol. The number of fused-ring (bicyclic) bond motifs is 1. The number of nitrogens with zero attached hydrogens (tertiary/aromatic N) is 1. The molecule has 0 amide bonds. The molecule has 3 N–H and O–H groups in total. The molecule has 0 radical (unpaired) electrons. The molecule has 0 saturated carbocycles. The first-order chi connectivity index (χ1) is 8.59. The Balaban J connectivity index is 2.49. The summed E-state index contributed by atoms with van der Waals surface area (Å²) in [6.45, 7) is 0. The molecular weight excluding hydrogens is 257 g/mol. The minimum Gasteiger partial charge on any atom is -0.460 e. The van der Waals surface area contributed by atoms with Gasteiger partial charge in [-0.05, 0) is 24.4 Å². The standard InChI is InChI=1S/C11H8FN3O2S/c12-8-3-1-2-7-9(16)6(5-17-10(7)8)4-14-15-11(13)18/h1-5H,(H3,13,15,18). The van der Waals surface area contributed by atoms with E-state index >= 15 is 0 Å². The summed E-state index contributed by atoms with van der Waals surface area (Å²) in [5.74, 6) is -0.589. The van der Waals surface area contributed by atoms with E-state index in [1.165, 1.54) is 24.4 Å². The topological polar surface area (TPSA) is 80.6 Å². The van der Waals surface area contributed by atoms with E-state index in [1.54, 1.807) is 0 Å². The number of rotatable bonds is 2. The summed E-state index contributed by atoms with van der Waals surface area (Å²) >= 11 is 4.54. The number of para-hydroxylation sites is 1. The highest BCUT2D eigenvalue weighted by atomic mass is 32.1. The molecule has 0 aliphatic carbocycles. The molecule has 0 atom stereocenters. The molecule has 0 saturated heterocycles. The van der Waals surface area contributed by atoms with Gasteiger partial charge in [0.2, 0.25) is 5.43 Å². The lowest BCUT2D eigenvalue weighted by Gasteiger charge is -1.99. The molecule has 0 aliphatic heterocycles. The maximum atomic E-state index is 13.3. The van der Waals surface area contributed by atoms with E-state index in [9.17, 15) is 9.18 Å². The third-order valence-electron chi connectivity index (χ3n) is 2.16. The van der Waals surface area contributed by atoms with Crippen LogP contribution in [0.1, 0.15) is 5.56 Å². The van der Waals surface area contributed by atoms with E-state index in [0.29, 0.717) is 0 Å². The Morgan fingerprint density at radius 2 is 2.33 bits per heavy atom. The van der Waals surface area contributed by atoms with Crippen LogP contribution in [0.2, 0.25) is 0 Å². The van der Waals surface area contributed by atoms with E-state index in [0.717, 1.165) is 6.26 Å². The van der Waals surface area contributed by atoms with Gasteiger partial charge in [0.1, 0.15) is 6.26 Å². The predicted molar refractivity (Wildman–Crippen MR) is 70.0 cm³/mol. The van der Waals surface area contributed by atoms with E-state index in [-0.39, 0.29) is 27.1 Å². The fourth-order valence-electron chi connectivity index (χ4n) is 1.39. The second-order valence-electron chi connectivity index (χ2n) is 3.37. The minimum atomic E-state index is -0.589. The first-order valence-corrected chi connectivity index (χ1v) is 5.29. The van der Waals surface area contributed by atoms with E-state index in [1.807, 2.05) is 0 Å². The van der Waals surface area contributed by atoms with Crippen molar-refractivity contribution in [1.29, 1.82) is 0 Å². The second kappa shape index (κ2) is 4.92. The maximum absolute atomic E-state index is 13.3. The van der Waals surface area contributed by atoms with Crippen LogP contribution in [0.4, 0.5) is 4.39 Å². The van der Waals surface area contributed by atoms with Gasteiger partial charge < -0.3 is 10.2 Å². The highest BCUT2D eigenvalue weighted by molar-refractivity contribution is 7.80. The zero-order valence-electron chi connectivity index (χ0n) is 9.01. The van der Waals surface area contributed by atoms with Crippen LogP contribution in [0.5, 0.6) is 0 Å². The fraction of sp³-hybridized carbons (Fsp3) is 0. The fourth-order valence-corrected chi connectivity index (χ4v) is 1.45. The van der Waals surface area contributed by atoms with E-state index in [2.05, 4.69) is 22.7 Å². The highest BCUT2D eigenvalue weighted by Gasteiger charge is 2.08. The van der Waals surface area contributed by atoms with E-state index < -0.39 is 5.82 Å². The number of nitrogens with two attached hydrogens (primary N) is 1. The van der Waals surface area contributed by atoms with Crippen molar-refractivity contribution in [2.75, 3.05) is 0 Å². The molecule has 1 aromatic carbocycles. The molecule has 5 nitrogen and oxygen atoms in total. The number of benzene rings is 1. The van der Waals surface area contributed by atoms with Gasteiger partial charge >= 0.3 is 0 Å². The molecule has 0 spiro atoms. The molecule has 1 heterocycles. The Hall–Kier alpha value is -2.28. The molecule has 1 aromatic heterocycles. The van der Waals surface area contributed by atoms with Gasteiger partial charge in [0.25, 0.3) is 0 Å². The number of nitrogens with one attached hydrogen (secondary N) is 1. The van der Waals surface area contributed by atoms with Gasteiger partial charge in [0.05, 0.1) is 17.2 Å². The third kappa shape index (κ3) is 2.35. The predicted octanol–water partition coefficient (Wildman–Crippen LogP) is 1.10. The lowest BCUT2D eigenvalue weighted by molar-refractivity contribution is 0.550. The molecule has 18 heavy (non-hydrogen) atoms. The summed E-state index contributed by atoms with van der Waals surface area (Å²) < 4.78 is 18.4. The molecule has 7 heteroatoms. The first-order valence-electron chi connectivity index (χ1n) is 4.88. The Bertz CT molecular complexity index is 696. The van der Waals surface area contributed by atoms with Crippen molar-refractivity contribution < 1.29 is 8.81 Å². The Kier molecular flexibility index (Phi) is 3.33. The van der Waals surface area contributed by atoms with Crippen LogP contribution in [0, 0.1) is 5.82 Å². The zero-order chi connectivity index (χ0) is 13.1. The second-order valence-corrected chi connectivity index (χ2v) is 3.81. The molecule has 0 fully saturated rings. The van der Waals surface area contributed by atoms with Crippen molar-refractivity contribution in [1.82, 2.24) is 5.43 Å². The minimum absolute atomic E-state index is 0.0255. The number of halogens is 1. The number of hydrazone groups is 1. The Morgan fingerprint density at radius 1 is 1.56 bits per heavy atom. The summed E-state index contributed by atoms with van der Waals surface area (Å²) in [5.41, 5.74) is 7.16. The lowest BCUT2D eigenvalue weighted by Crippen LogP contribution is -2.24. The zero-order valence-corrected chi connectivity index (χ0v) is 9.83. The quantitative estimate of drug-likeness (QED) is 0.483. The maximum Gasteiger partial charge on any atom is 0.201 e. The van der Waals surface area contributed by atoms with Gasteiger partial charge in [-0.15, -0.1) is 0 Å². The van der Waals surface area contributed by atoms with Crippen molar-refractivity contribution in [3.63, 3.8) is 0 Å². The molecule has 2 rings (SSSR count). The summed E-state index contributed by atoms with van der Waals surface area (Å²) in [7, 11) is 0. The van der Waals surface area contributed by atoms with Crippen LogP contribution < -0.4 is 16.6 Å². The van der Waals surface area contributed by atoms with Crippen molar-refractivity contribution in [3.8, 4) is 0 Å². The molecule has 0 aliphatic rings. The molecular formula is C11H8FN3O2S. The lowest BCUT2D eigenvalue weighted by atomic mass is 10.2. The highest BCUT2D eigenvalue weighted by Crippen LogP contribution is 2.14. The van der Waals surface area contributed by atoms with Crippen molar-refractivity contribution in [3.05, 3.63) is 46.1 Å². The summed E-state index contributed by atoms with van der Waals surface area (Å²) in [5, 5.41) is 3.76. The SMILES string of the molecule is NC(=S)NN=Cc1coc2c(F)cccc2c1=O. The van der Waals surface area contributed by atoms with Crippen LogP contribution >= 0.6 is 12.2 Å². The van der Waals surface area contributed by atoms with Crippen molar-refractivity contribution in [2.45, 2.75) is 0 Å².